The van der Waals surface area contributed by atoms with Crippen LogP contribution in [0.2, 0.25) is 0 Å². The summed E-state index contributed by atoms with van der Waals surface area (Å²) in [5, 5.41) is 20.9. The van der Waals surface area contributed by atoms with E-state index in [4.69, 9.17) is 0 Å². The molecule has 6 heteroatoms. The van der Waals surface area contributed by atoms with Gasteiger partial charge in [-0.05, 0) is 43.5 Å². The van der Waals surface area contributed by atoms with Gasteiger partial charge in [0.05, 0.1) is 16.9 Å². The molecule has 1 N–H and O–H groups in total. The zero-order valence-electron chi connectivity index (χ0n) is 11.9. The van der Waals surface area contributed by atoms with Crippen molar-refractivity contribution in [1.82, 2.24) is 0 Å². The summed E-state index contributed by atoms with van der Waals surface area (Å²) >= 11 is 0. The Bertz CT molecular complexity index is 576. The summed E-state index contributed by atoms with van der Waals surface area (Å²) in [5.74, 6) is -1.32. The van der Waals surface area contributed by atoms with E-state index in [0.29, 0.717) is 5.56 Å². The van der Waals surface area contributed by atoms with Crippen LogP contribution in [0.5, 0.6) is 0 Å². The van der Waals surface area contributed by atoms with Crippen LogP contribution in [0.15, 0.2) is 36.4 Å². The number of aliphatic hydroxyl groups excluding tert-OH is 1. The average Bonchev–Trinajstić information content (AvgIpc) is 2.43. The number of carbonyl (C=O) groups is 2. The molecule has 0 bridgehead atoms. The van der Waals surface area contributed by atoms with E-state index in [0.717, 1.165) is 0 Å². The highest BCUT2D eigenvalue weighted by Crippen LogP contribution is 2.29. The number of non-ortho nitro benzene ring substituents is 1. The smallest absolute Gasteiger partial charge is 0.269 e. The van der Waals surface area contributed by atoms with Crippen LogP contribution in [-0.4, -0.2) is 21.6 Å². The summed E-state index contributed by atoms with van der Waals surface area (Å²) in [6, 6.07) is 5.32. The molecule has 6 nitrogen and oxygen atoms in total. The maximum Gasteiger partial charge on any atom is 0.269 e. The van der Waals surface area contributed by atoms with Crippen LogP contribution in [0.3, 0.4) is 0 Å². The zero-order chi connectivity index (χ0) is 16.2. The van der Waals surface area contributed by atoms with Gasteiger partial charge < -0.3 is 5.11 Å². The van der Waals surface area contributed by atoms with Gasteiger partial charge in [-0.15, -0.1) is 0 Å². The molecule has 112 valence electrons. The van der Waals surface area contributed by atoms with Crippen LogP contribution in [0.4, 0.5) is 5.69 Å². The number of nitrogens with zero attached hydrogens (tertiary/aromatic N) is 1. The fourth-order valence-electron chi connectivity index (χ4n) is 1.91. The quantitative estimate of drug-likeness (QED) is 0.472. The Hall–Kier alpha value is -2.34. The minimum Gasteiger partial charge on any atom is -0.388 e. The number of benzene rings is 1. The molecule has 0 aliphatic carbocycles. The number of rotatable bonds is 7. The SMILES string of the molecule is C=C(C[C@H](C(C)=O)[C@@H](O)c1ccc([N+](=O)[O-])cc1)C(C)=O. The number of carbonyl (C=O) groups excluding carboxylic acids is 2. The second-order valence-electron chi connectivity index (χ2n) is 4.87. The first-order valence-electron chi connectivity index (χ1n) is 6.35. The number of hydrogen-bond donors (Lipinski definition) is 1. The maximum atomic E-state index is 11.7. The highest BCUT2D eigenvalue weighted by molar-refractivity contribution is 5.93. The Labute approximate surface area is 122 Å². The van der Waals surface area contributed by atoms with Gasteiger partial charge in [-0.2, -0.15) is 0 Å². The van der Waals surface area contributed by atoms with Crippen LogP contribution in [-0.2, 0) is 9.59 Å². The van der Waals surface area contributed by atoms with Gasteiger partial charge in [-0.25, -0.2) is 0 Å². The first-order valence-corrected chi connectivity index (χ1v) is 6.35. The minimum absolute atomic E-state index is 0.0584. The Kier molecular flexibility index (Phi) is 5.49. The predicted molar refractivity (Wildman–Crippen MR) is 76.7 cm³/mol. The number of nitro groups is 1. The van der Waals surface area contributed by atoms with Crippen LogP contribution in [0, 0.1) is 16.0 Å². The van der Waals surface area contributed by atoms with Gasteiger partial charge >= 0.3 is 0 Å². The van der Waals surface area contributed by atoms with Crippen LogP contribution >= 0.6 is 0 Å². The average molecular weight is 291 g/mol. The van der Waals surface area contributed by atoms with E-state index in [2.05, 4.69) is 6.58 Å². The molecule has 0 saturated carbocycles. The van der Waals surface area contributed by atoms with Crippen LogP contribution in [0.1, 0.15) is 31.9 Å². The number of allylic oxidation sites excluding steroid dienone is 1. The monoisotopic (exact) mass is 291 g/mol. The number of aliphatic hydroxyl groups is 1. The lowest BCUT2D eigenvalue weighted by atomic mass is 9.86. The molecule has 0 amide bonds. The first kappa shape index (κ1) is 16.7. The highest BCUT2D eigenvalue weighted by Gasteiger charge is 2.27. The molecule has 0 fully saturated rings. The van der Waals surface area contributed by atoms with Crippen molar-refractivity contribution in [3.63, 3.8) is 0 Å². The van der Waals surface area contributed by atoms with Gasteiger partial charge in [0.2, 0.25) is 0 Å². The molecular weight excluding hydrogens is 274 g/mol. The fraction of sp³-hybridized carbons (Fsp3) is 0.333. The number of ketones is 2. The molecular formula is C15H17NO5. The first-order chi connectivity index (χ1) is 9.73. The normalized spacial score (nSPS) is 13.3. The summed E-state index contributed by atoms with van der Waals surface area (Å²) < 4.78 is 0. The molecule has 0 radical (unpaired) electrons. The summed E-state index contributed by atoms with van der Waals surface area (Å²) in [6.45, 7) is 6.26. The van der Waals surface area contributed by atoms with E-state index in [1.54, 1.807) is 0 Å². The van der Waals surface area contributed by atoms with Crippen LogP contribution < -0.4 is 0 Å². The fourth-order valence-corrected chi connectivity index (χ4v) is 1.91. The number of Topliss-reactive ketones (excluding diaryl/α,β-unsaturated/α-hetero) is 2. The van der Waals surface area contributed by atoms with Crippen molar-refractivity contribution in [2.75, 3.05) is 0 Å². The second kappa shape index (κ2) is 6.90. The second-order valence-corrected chi connectivity index (χ2v) is 4.87. The molecule has 1 aromatic carbocycles. The van der Waals surface area contributed by atoms with E-state index in [9.17, 15) is 24.8 Å². The van der Waals surface area contributed by atoms with E-state index in [1.807, 2.05) is 0 Å². The number of nitro benzene ring substituents is 1. The van der Waals surface area contributed by atoms with Gasteiger partial charge in [-0.1, -0.05) is 6.58 Å². The summed E-state index contributed by atoms with van der Waals surface area (Å²) in [5.41, 5.74) is 0.548. The van der Waals surface area contributed by atoms with Crippen molar-refractivity contribution in [1.29, 1.82) is 0 Å². The topological polar surface area (TPSA) is 97.5 Å². The molecule has 0 heterocycles. The van der Waals surface area contributed by atoms with Crippen molar-refractivity contribution in [2.24, 2.45) is 5.92 Å². The molecule has 0 spiro atoms. The van der Waals surface area contributed by atoms with Gasteiger partial charge in [0.1, 0.15) is 5.78 Å². The summed E-state index contributed by atoms with van der Waals surface area (Å²) in [4.78, 5) is 32.9. The maximum absolute atomic E-state index is 11.7. The summed E-state index contributed by atoms with van der Waals surface area (Å²) in [6.07, 6.45) is -1.08. The standard InChI is InChI=1S/C15H17NO5/c1-9(10(2)17)8-14(11(3)18)15(19)12-4-6-13(7-5-12)16(20)21/h4-7,14-15,19H,1,8H2,2-3H3/t14-,15+/m1/s1. The van der Waals surface area contributed by atoms with Crippen molar-refractivity contribution < 1.29 is 19.6 Å². The zero-order valence-corrected chi connectivity index (χ0v) is 11.9. The lowest BCUT2D eigenvalue weighted by Crippen LogP contribution is -2.22. The van der Waals surface area contributed by atoms with Crippen molar-refractivity contribution in [3.05, 3.63) is 52.1 Å². The molecule has 21 heavy (non-hydrogen) atoms. The van der Waals surface area contributed by atoms with E-state index < -0.39 is 16.9 Å². The van der Waals surface area contributed by atoms with Gasteiger partial charge in [0.15, 0.2) is 5.78 Å². The van der Waals surface area contributed by atoms with E-state index in [-0.39, 0.29) is 29.2 Å². The van der Waals surface area contributed by atoms with Crippen molar-refractivity contribution >= 4 is 17.3 Å². The molecule has 0 aromatic heterocycles. The molecule has 0 aliphatic heterocycles. The molecule has 0 saturated heterocycles. The largest absolute Gasteiger partial charge is 0.388 e. The molecule has 1 rings (SSSR count). The molecule has 1 aromatic rings. The molecule has 2 atom stereocenters. The number of hydrogen-bond acceptors (Lipinski definition) is 5. The third-order valence-corrected chi connectivity index (χ3v) is 3.31. The Morgan fingerprint density at radius 2 is 1.81 bits per heavy atom. The summed E-state index contributed by atoms with van der Waals surface area (Å²) in [7, 11) is 0. The Balaban J connectivity index is 2.97. The third kappa shape index (κ3) is 4.32. The van der Waals surface area contributed by atoms with Crippen molar-refractivity contribution in [2.45, 2.75) is 26.4 Å². The Morgan fingerprint density at radius 3 is 2.19 bits per heavy atom. The van der Waals surface area contributed by atoms with Gasteiger partial charge in [0.25, 0.3) is 5.69 Å². The van der Waals surface area contributed by atoms with Gasteiger partial charge in [-0.3, -0.25) is 19.7 Å². The third-order valence-electron chi connectivity index (χ3n) is 3.31. The lowest BCUT2D eigenvalue weighted by molar-refractivity contribution is -0.384. The highest BCUT2D eigenvalue weighted by atomic mass is 16.6. The van der Waals surface area contributed by atoms with Crippen LogP contribution in [0.25, 0.3) is 0 Å². The lowest BCUT2D eigenvalue weighted by Gasteiger charge is -2.21. The molecule has 0 unspecified atom stereocenters. The molecule has 0 aliphatic rings. The minimum atomic E-state index is -1.14. The van der Waals surface area contributed by atoms with Crippen molar-refractivity contribution in [3.8, 4) is 0 Å². The van der Waals surface area contributed by atoms with E-state index in [1.165, 1.54) is 38.1 Å². The Morgan fingerprint density at radius 1 is 1.29 bits per heavy atom. The van der Waals surface area contributed by atoms with Gasteiger partial charge in [0, 0.05) is 12.1 Å². The van der Waals surface area contributed by atoms with E-state index >= 15 is 0 Å². The predicted octanol–water partition coefficient (Wildman–Crippen LogP) is 2.37.